The molecule has 0 aromatic heterocycles. The molecule has 86 valence electrons. The van der Waals surface area contributed by atoms with Crippen LogP contribution in [0.5, 0.6) is 0 Å². The average molecular weight is 223 g/mol. The Hall–Kier alpha value is -0.460. The molecular weight excluding hydrogens is 212 g/mol. The molecule has 0 aromatic rings. The van der Waals surface area contributed by atoms with Crippen molar-refractivity contribution in [3.63, 3.8) is 0 Å². The van der Waals surface area contributed by atoms with Crippen molar-refractivity contribution in [3.8, 4) is 0 Å². The lowest BCUT2D eigenvalue weighted by Crippen LogP contribution is -2.28. The van der Waals surface area contributed by atoms with Crippen LogP contribution in [0.2, 0.25) is 0 Å². The zero-order valence-corrected chi connectivity index (χ0v) is 7.54. The lowest BCUT2D eigenvalue weighted by atomic mass is 10.3. The second-order valence-electron chi connectivity index (χ2n) is 3.03. The molecule has 0 fully saturated rings. The van der Waals surface area contributed by atoms with Crippen LogP contribution in [-0.4, -0.2) is 37.4 Å². The predicted octanol–water partition coefficient (Wildman–Crippen LogP) is 2.82. The highest BCUT2D eigenvalue weighted by Gasteiger charge is 2.29. The Labute approximate surface area is 77.7 Å². The Bertz CT molecular complexity index is 143. The van der Waals surface area contributed by atoms with Crippen LogP contribution in [0.4, 0.5) is 26.3 Å². The highest BCUT2D eigenvalue weighted by Crippen LogP contribution is 2.21. The molecule has 0 aliphatic rings. The molecule has 0 spiro atoms. The van der Waals surface area contributed by atoms with E-state index in [1.165, 1.54) is 7.05 Å². The second kappa shape index (κ2) is 4.86. The summed E-state index contributed by atoms with van der Waals surface area (Å²) in [5.74, 6) is 0. The van der Waals surface area contributed by atoms with Gasteiger partial charge >= 0.3 is 12.4 Å². The third kappa shape index (κ3) is 9.63. The van der Waals surface area contributed by atoms with Crippen molar-refractivity contribution in [2.45, 2.75) is 25.2 Å². The lowest BCUT2D eigenvalue weighted by molar-refractivity contribution is -0.144. The number of nitrogens with zero attached hydrogens (tertiary/aromatic N) is 1. The largest absolute Gasteiger partial charge is 0.390 e. The van der Waals surface area contributed by atoms with Gasteiger partial charge in [-0.1, -0.05) is 0 Å². The van der Waals surface area contributed by atoms with Crippen molar-refractivity contribution in [1.82, 2.24) is 4.90 Å². The molecule has 0 atom stereocenters. The van der Waals surface area contributed by atoms with Gasteiger partial charge in [0.2, 0.25) is 0 Å². The Morgan fingerprint density at radius 1 is 0.786 bits per heavy atom. The summed E-state index contributed by atoms with van der Waals surface area (Å²) in [7, 11) is 1.23. The standard InChI is InChI=1S/C7H11F6N/c1-14(4-2-6(8,9)10)5-3-7(11,12)13/h2-5H2,1H3. The molecule has 7 heteroatoms. The molecule has 0 bridgehead atoms. The van der Waals surface area contributed by atoms with Crippen molar-refractivity contribution in [3.05, 3.63) is 0 Å². The first kappa shape index (κ1) is 13.5. The minimum absolute atomic E-state index is 0.403. The molecule has 0 rings (SSSR count). The van der Waals surface area contributed by atoms with E-state index >= 15 is 0 Å². The minimum Gasteiger partial charge on any atom is -0.306 e. The summed E-state index contributed by atoms with van der Waals surface area (Å²) < 4.78 is 69.8. The van der Waals surface area contributed by atoms with Gasteiger partial charge in [-0.15, -0.1) is 0 Å². The van der Waals surface area contributed by atoms with Gasteiger partial charge in [0.15, 0.2) is 0 Å². The summed E-state index contributed by atoms with van der Waals surface area (Å²) >= 11 is 0. The molecule has 0 saturated carbocycles. The zero-order chi connectivity index (χ0) is 11.4. The molecule has 14 heavy (non-hydrogen) atoms. The van der Waals surface area contributed by atoms with Gasteiger partial charge in [-0.3, -0.25) is 0 Å². The quantitative estimate of drug-likeness (QED) is 0.662. The maximum Gasteiger partial charge on any atom is 0.390 e. The van der Waals surface area contributed by atoms with Crippen molar-refractivity contribution >= 4 is 0 Å². The fourth-order valence-corrected chi connectivity index (χ4v) is 0.747. The SMILES string of the molecule is CN(CCC(F)(F)F)CCC(F)(F)F. The van der Waals surface area contributed by atoms with Crippen LogP contribution in [0.1, 0.15) is 12.8 Å². The molecular formula is C7H11F6N. The monoisotopic (exact) mass is 223 g/mol. The van der Waals surface area contributed by atoms with E-state index in [1.807, 2.05) is 0 Å². The van der Waals surface area contributed by atoms with E-state index in [4.69, 9.17) is 0 Å². The van der Waals surface area contributed by atoms with Gasteiger partial charge in [-0.05, 0) is 7.05 Å². The van der Waals surface area contributed by atoms with Crippen LogP contribution in [0.25, 0.3) is 0 Å². The van der Waals surface area contributed by atoms with E-state index in [9.17, 15) is 26.3 Å². The molecule has 0 saturated heterocycles. The smallest absolute Gasteiger partial charge is 0.306 e. The molecule has 0 heterocycles. The van der Waals surface area contributed by atoms with E-state index < -0.39 is 38.3 Å². The number of halogens is 6. The summed E-state index contributed by atoms with van der Waals surface area (Å²) in [6.07, 6.45) is -10.8. The first-order valence-electron chi connectivity index (χ1n) is 3.92. The summed E-state index contributed by atoms with van der Waals surface area (Å²) in [5.41, 5.74) is 0. The van der Waals surface area contributed by atoms with Crippen LogP contribution in [0.3, 0.4) is 0 Å². The molecule has 0 radical (unpaired) electrons. The average Bonchev–Trinajstić information content (AvgIpc) is 1.94. The number of hydrogen-bond donors (Lipinski definition) is 0. The highest BCUT2D eigenvalue weighted by molar-refractivity contribution is 4.60. The van der Waals surface area contributed by atoms with E-state index in [1.54, 1.807) is 0 Å². The van der Waals surface area contributed by atoms with Crippen molar-refractivity contribution in [2.24, 2.45) is 0 Å². The molecule has 0 aliphatic heterocycles. The summed E-state index contributed by atoms with van der Waals surface area (Å²) in [6.45, 7) is -0.806. The maximum atomic E-state index is 11.6. The van der Waals surface area contributed by atoms with Gasteiger partial charge in [0.1, 0.15) is 0 Å². The Morgan fingerprint density at radius 2 is 1.07 bits per heavy atom. The van der Waals surface area contributed by atoms with Crippen molar-refractivity contribution < 1.29 is 26.3 Å². The van der Waals surface area contributed by atoms with Crippen LogP contribution in [0.15, 0.2) is 0 Å². The normalized spacial score (nSPS) is 13.7. The molecule has 0 N–H and O–H groups in total. The minimum atomic E-state index is -4.31. The fraction of sp³-hybridized carbons (Fsp3) is 1.00. The van der Waals surface area contributed by atoms with Gasteiger partial charge < -0.3 is 4.90 Å². The summed E-state index contributed by atoms with van der Waals surface area (Å²) in [6, 6.07) is 0. The molecule has 0 aromatic carbocycles. The van der Waals surface area contributed by atoms with Crippen molar-refractivity contribution in [2.75, 3.05) is 20.1 Å². The number of rotatable bonds is 4. The highest BCUT2D eigenvalue weighted by atomic mass is 19.4. The van der Waals surface area contributed by atoms with Gasteiger partial charge in [0.25, 0.3) is 0 Å². The topological polar surface area (TPSA) is 3.24 Å². The Kier molecular flexibility index (Phi) is 4.70. The number of hydrogen-bond acceptors (Lipinski definition) is 1. The molecule has 1 nitrogen and oxygen atoms in total. The van der Waals surface area contributed by atoms with Crippen LogP contribution < -0.4 is 0 Å². The Morgan fingerprint density at radius 3 is 1.29 bits per heavy atom. The molecule has 0 aliphatic carbocycles. The summed E-state index contributed by atoms with van der Waals surface area (Å²) in [5, 5.41) is 0. The fourth-order valence-electron chi connectivity index (χ4n) is 0.747. The predicted molar refractivity (Wildman–Crippen MR) is 38.8 cm³/mol. The zero-order valence-electron chi connectivity index (χ0n) is 7.54. The van der Waals surface area contributed by atoms with E-state index in [-0.39, 0.29) is 0 Å². The second-order valence-corrected chi connectivity index (χ2v) is 3.03. The number of alkyl halides is 6. The van der Waals surface area contributed by atoms with Crippen molar-refractivity contribution in [1.29, 1.82) is 0 Å². The van der Waals surface area contributed by atoms with Crippen LogP contribution in [-0.2, 0) is 0 Å². The lowest BCUT2D eigenvalue weighted by Gasteiger charge is -2.18. The van der Waals surface area contributed by atoms with E-state index in [2.05, 4.69) is 0 Å². The van der Waals surface area contributed by atoms with Crippen LogP contribution in [0, 0.1) is 0 Å². The first-order chi connectivity index (χ1) is 6.10. The third-order valence-corrected chi connectivity index (χ3v) is 1.55. The maximum absolute atomic E-state index is 11.6. The molecule has 0 amide bonds. The third-order valence-electron chi connectivity index (χ3n) is 1.55. The molecule has 0 unspecified atom stereocenters. The van der Waals surface area contributed by atoms with Gasteiger partial charge in [-0.2, -0.15) is 26.3 Å². The first-order valence-corrected chi connectivity index (χ1v) is 3.92. The Balaban J connectivity index is 3.62. The van der Waals surface area contributed by atoms with Gasteiger partial charge in [0.05, 0.1) is 12.8 Å². The van der Waals surface area contributed by atoms with E-state index in [0.717, 1.165) is 4.90 Å². The van der Waals surface area contributed by atoms with Gasteiger partial charge in [0, 0.05) is 13.1 Å². The summed E-state index contributed by atoms with van der Waals surface area (Å²) in [4.78, 5) is 1.01. The van der Waals surface area contributed by atoms with E-state index in [0.29, 0.717) is 0 Å². The van der Waals surface area contributed by atoms with Gasteiger partial charge in [-0.25, -0.2) is 0 Å². The van der Waals surface area contributed by atoms with Crippen LogP contribution >= 0.6 is 0 Å².